The van der Waals surface area contributed by atoms with Gasteiger partial charge in [-0.05, 0) is 37.8 Å². The molecule has 96 valence electrons. The molecular formula is C13H17N3OS. The fraction of sp³-hybridized carbons (Fsp3) is 0.385. The largest absolute Gasteiger partial charge is 0.338 e. The molecule has 1 amide bonds. The van der Waals surface area contributed by atoms with Crippen molar-refractivity contribution in [3.8, 4) is 0 Å². The monoisotopic (exact) mass is 263 g/mol. The Bertz CT molecular complexity index is 484. The molecule has 1 heterocycles. The van der Waals surface area contributed by atoms with Crippen LogP contribution in [0.3, 0.4) is 0 Å². The second kappa shape index (κ2) is 5.02. The molecule has 1 aliphatic rings. The summed E-state index contributed by atoms with van der Waals surface area (Å²) in [6, 6.07) is 8.00. The van der Waals surface area contributed by atoms with Crippen LogP contribution in [0.2, 0.25) is 0 Å². The molecule has 0 spiro atoms. The van der Waals surface area contributed by atoms with E-state index in [1.165, 1.54) is 4.90 Å². The van der Waals surface area contributed by atoms with E-state index in [-0.39, 0.29) is 5.91 Å². The van der Waals surface area contributed by atoms with Crippen molar-refractivity contribution >= 4 is 23.6 Å². The molecule has 4 nitrogen and oxygen atoms in total. The van der Waals surface area contributed by atoms with Crippen molar-refractivity contribution in [3.63, 3.8) is 0 Å². The SMILES string of the molecule is CCN=C1NC(=O)C(C)(c2ccc(SC)cc2)N1. The van der Waals surface area contributed by atoms with E-state index in [0.717, 1.165) is 5.56 Å². The van der Waals surface area contributed by atoms with Crippen molar-refractivity contribution in [2.45, 2.75) is 24.3 Å². The van der Waals surface area contributed by atoms with Gasteiger partial charge in [-0.25, -0.2) is 0 Å². The van der Waals surface area contributed by atoms with Crippen LogP contribution in [-0.2, 0) is 10.3 Å². The van der Waals surface area contributed by atoms with E-state index in [9.17, 15) is 4.79 Å². The second-order valence-corrected chi connectivity index (χ2v) is 5.14. The van der Waals surface area contributed by atoms with E-state index in [1.54, 1.807) is 11.8 Å². The van der Waals surface area contributed by atoms with Crippen molar-refractivity contribution in [1.29, 1.82) is 0 Å². The van der Waals surface area contributed by atoms with Crippen LogP contribution in [0.15, 0.2) is 34.2 Å². The molecular weight excluding hydrogens is 246 g/mol. The van der Waals surface area contributed by atoms with Crippen molar-refractivity contribution in [2.75, 3.05) is 12.8 Å². The van der Waals surface area contributed by atoms with E-state index in [4.69, 9.17) is 0 Å². The standard InChI is InChI=1S/C13H17N3OS/c1-4-14-12-15-11(17)13(2,16-12)9-5-7-10(18-3)8-6-9/h5-8H,4H2,1-3H3,(H2,14,15,16,17). The summed E-state index contributed by atoms with van der Waals surface area (Å²) in [6.07, 6.45) is 2.03. The number of rotatable bonds is 3. The molecule has 1 atom stereocenters. The lowest BCUT2D eigenvalue weighted by atomic mass is 9.92. The first kappa shape index (κ1) is 13.0. The molecule has 0 radical (unpaired) electrons. The molecule has 5 heteroatoms. The van der Waals surface area contributed by atoms with E-state index in [2.05, 4.69) is 15.6 Å². The maximum Gasteiger partial charge on any atom is 0.256 e. The molecule has 1 unspecified atom stereocenters. The summed E-state index contributed by atoms with van der Waals surface area (Å²) in [5.41, 5.74) is 0.212. The lowest BCUT2D eigenvalue weighted by Gasteiger charge is -2.21. The van der Waals surface area contributed by atoms with Gasteiger partial charge in [0.05, 0.1) is 0 Å². The van der Waals surface area contributed by atoms with Crippen molar-refractivity contribution in [2.24, 2.45) is 4.99 Å². The van der Waals surface area contributed by atoms with Gasteiger partial charge in [-0.15, -0.1) is 11.8 Å². The normalized spacial score (nSPS) is 25.1. The molecule has 1 saturated heterocycles. The summed E-state index contributed by atoms with van der Waals surface area (Å²) in [5.74, 6) is 0.491. The first-order chi connectivity index (χ1) is 8.60. The number of nitrogens with zero attached hydrogens (tertiary/aromatic N) is 1. The molecule has 0 bridgehead atoms. The predicted octanol–water partition coefficient (Wildman–Crippen LogP) is 1.72. The average molecular weight is 263 g/mol. The zero-order valence-electron chi connectivity index (χ0n) is 10.8. The summed E-state index contributed by atoms with van der Waals surface area (Å²) in [4.78, 5) is 17.5. The fourth-order valence-electron chi connectivity index (χ4n) is 1.92. The Morgan fingerprint density at radius 1 is 1.33 bits per heavy atom. The summed E-state index contributed by atoms with van der Waals surface area (Å²) >= 11 is 1.68. The Morgan fingerprint density at radius 2 is 2.00 bits per heavy atom. The number of benzene rings is 1. The number of carbonyl (C=O) groups excluding carboxylic acids is 1. The highest BCUT2D eigenvalue weighted by molar-refractivity contribution is 7.98. The zero-order chi connectivity index (χ0) is 13.2. The van der Waals surface area contributed by atoms with Crippen LogP contribution in [0.1, 0.15) is 19.4 Å². The highest BCUT2D eigenvalue weighted by atomic mass is 32.2. The van der Waals surface area contributed by atoms with Gasteiger partial charge in [0.25, 0.3) is 5.91 Å². The number of nitrogens with one attached hydrogen (secondary N) is 2. The van der Waals surface area contributed by atoms with Crippen LogP contribution in [0.25, 0.3) is 0 Å². The van der Waals surface area contributed by atoms with Crippen LogP contribution in [0.4, 0.5) is 0 Å². The Balaban J connectivity index is 2.30. The van der Waals surface area contributed by atoms with Gasteiger partial charge in [0.2, 0.25) is 0 Å². The summed E-state index contributed by atoms with van der Waals surface area (Å²) in [7, 11) is 0. The minimum Gasteiger partial charge on any atom is -0.338 e. The number of amides is 1. The summed E-state index contributed by atoms with van der Waals surface area (Å²) in [5, 5.41) is 5.92. The molecule has 0 saturated carbocycles. The van der Waals surface area contributed by atoms with E-state index >= 15 is 0 Å². The molecule has 2 N–H and O–H groups in total. The number of guanidine groups is 1. The second-order valence-electron chi connectivity index (χ2n) is 4.26. The van der Waals surface area contributed by atoms with Gasteiger partial charge in [0, 0.05) is 11.4 Å². The first-order valence-corrected chi connectivity index (χ1v) is 7.11. The molecule has 1 aromatic carbocycles. The molecule has 1 fully saturated rings. The minimum atomic E-state index is -0.731. The molecule has 0 aliphatic carbocycles. The van der Waals surface area contributed by atoms with Crippen LogP contribution in [0, 0.1) is 0 Å². The van der Waals surface area contributed by atoms with Crippen molar-refractivity contribution in [3.05, 3.63) is 29.8 Å². The fourth-order valence-corrected chi connectivity index (χ4v) is 2.33. The average Bonchev–Trinajstić information content (AvgIpc) is 2.66. The van der Waals surface area contributed by atoms with Crippen LogP contribution < -0.4 is 10.6 Å². The highest BCUT2D eigenvalue weighted by Gasteiger charge is 2.42. The number of carbonyl (C=O) groups is 1. The Morgan fingerprint density at radius 3 is 2.56 bits per heavy atom. The van der Waals surface area contributed by atoms with Gasteiger partial charge in [0.1, 0.15) is 5.54 Å². The quantitative estimate of drug-likeness (QED) is 0.816. The molecule has 1 aromatic rings. The zero-order valence-corrected chi connectivity index (χ0v) is 11.6. The van der Waals surface area contributed by atoms with Gasteiger partial charge in [-0.3, -0.25) is 15.1 Å². The van der Waals surface area contributed by atoms with Gasteiger partial charge < -0.3 is 5.32 Å². The van der Waals surface area contributed by atoms with Gasteiger partial charge >= 0.3 is 0 Å². The maximum absolute atomic E-state index is 12.1. The summed E-state index contributed by atoms with van der Waals surface area (Å²) in [6.45, 7) is 4.45. The molecule has 2 rings (SSSR count). The molecule has 1 aliphatic heterocycles. The smallest absolute Gasteiger partial charge is 0.256 e. The lowest BCUT2D eigenvalue weighted by molar-refractivity contribution is -0.123. The van der Waals surface area contributed by atoms with Crippen LogP contribution in [0.5, 0.6) is 0 Å². The third-order valence-electron chi connectivity index (χ3n) is 3.04. The van der Waals surface area contributed by atoms with Crippen LogP contribution >= 0.6 is 11.8 Å². The van der Waals surface area contributed by atoms with E-state index in [0.29, 0.717) is 12.5 Å². The Labute approximate surface area is 111 Å². The predicted molar refractivity (Wildman–Crippen MR) is 74.8 cm³/mol. The third-order valence-corrected chi connectivity index (χ3v) is 3.78. The third kappa shape index (κ3) is 2.22. The Hall–Kier alpha value is -1.49. The van der Waals surface area contributed by atoms with Crippen LogP contribution in [-0.4, -0.2) is 24.7 Å². The number of aliphatic imine (C=N–C) groups is 1. The van der Waals surface area contributed by atoms with Crippen molar-refractivity contribution in [1.82, 2.24) is 10.6 Å². The number of hydrogen-bond acceptors (Lipinski definition) is 3. The van der Waals surface area contributed by atoms with E-state index < -0.39 is 5.54 Å². The first-order valence-electron chi connectivity index (χ1n) is 5.88. The number of hydrogen-bond donors (Lipinski definition) is 2. The van der Waals surface area contributed by atoms with Gasteiger partial charge in [0.15, 0.2) is 5.96 Å². The Kier molecular flexibility index (Phi) is 3.61. The minimum absolute atomic E-state index is 0.0633. The van der Waals surface area contributed by atoms with Gasteiger partial charge in [-0.2, -0.15) is 0 Å². The molecule has 0 aromatic heterocycles. The summed E-state index contributed by atoms with van der Waals surface area (Å²) < 4.78 is 0. The lowest BCUT2D eigenvalue weighted by Crippen LogP contribution is -2.40. The van der Waals surface area contributed by atoms with Gasteiger partial charge in [-0.1, -0.05) is 12.1 Å². The number of thioether (sulfide) groups is 1. The van der Waals surface area contributed by atoms with E-state index in [1.807, 2.05) is 44.4 Å². The maximum atomic E-state index is 12.1. The van der Waals surface area contributed by atoms with Crippen molar-refractivity contribution < 1.29 is 4.79 Å². The molecule has 18 heavy (non-hydrogen) atoms. The topological polar surface area (TPSA) is 53.5 Å². The highest BCUT2D eigenvalue weighted by Crippen LogP contribution is 2.26.